The zero-order valence-corrected chi connectivity index (χ0v) is 5.94. The number of ether oxygens (including phenoxy) is 1. The smallest absolute Gasteiger partial charge is 0.336 e. The summed E-state index contributed by atoms with van der Waals surface area (Å²) in [5, 5.41) is 17.6. The molecule has 1 aliphatic rings. The van der Waals surface area contributed by atoms with Gasteiger partial charge in [-0.2, -0.15) is 0 Å². The fraction of sp³-hybridized carbons (Fsp3) is 0.500. The number of carbonyl (C=O) groups is 3. The summed E-state index contributed by atoms with van der Waals surface area (Å²) in [4.78, 5) is 31.4. The molecule has 0 aromatic carbocycles. The summed E-state index contributed by atoms with van der Waals surface area (Å²) >= 11 is 0. The van der Waals surface area contributed by atoms with E-state index < -0.39 is 36.4 Å². The molecular weight excluding hydrogens is 168 g/mol. The lowest BCUT2D eigenvalue weighted by molar-refractivity contribution is -0.185. The van der Waals surface area contributed by atoms with Crippen LogP contribution in [0.3, 0.4) is 0 Å². The second-order valence-electron chi connectivity index (χ2n) is 2.54. The van der Waals surface area contributed by atoms with Gasteiger partial charge in [0.2, 0.25) is 0 Å². The first kappa shape index (κ1) is 8.66. The van der Waals surface area contributed by atoms with Gasteiger partial charge in [0.15, 0.2) is 5.60 Å². The van der Waals surface area contributed by atoms with Gasteiger partial charge in [0.1, 0.15) is 0 Å². The van der Waals surface area contributed by atoms with Crippen molar-refractivity contribution < 1.29 is 29.3 Å². The topological polar surface area (TPSA) is 101 Å². The lowest BCUT2D eigenvalue weighted by Crippen LogP contribution is -2.47. The summed E-state index contributed by atoms with van der Waals surface area (Å²) in [6, 6.07) is 0. The zero-order chi connectivity index (χ0) is 9.35. The molecule has 6 nitrogen and oxygen atoms in total. The van der Waals surface area contributed by atoms with Crippen LogP contribution in [0.15, 0.2) is 0 Å². The number of carboxylic acids is 1. The average Bonchev–Trinajstić information content (AvgIpc) is 1.82. The Balaban J connectivity index is 2.85. The second kappa shape index (κ2) is 2.56. The van der Waals surface area contributed by atoms with Crippen LogP contribution < -0.4 is 0 Å². The molecule has 0 unspecified atom stereocenters. The van der Waals surface area contributed by atoms with Crippen LogP contribution in [0.1, 0.15) is 12.8 Å². The molecule has 1 heterocycles. The van der Waals surface area contributed by atoms with Crippen molar-refractivity contribution in [2.24, 2.45) is 0 Å². The molecule has 0 aliphatic carbocycles. The number of esters is 2. The van der Waals surface area contributed by atoms with Crippen molar-refractivity contribution in [1.29, 1.82) is 0 Å². The van der Waals surface area contributed by atoms with Gasteiger partial charge >= 0.3 is 17.9 Å². The molecule has 1 rings (SSSR count). The highest BCUT2D eigenvalue weighted by Crippen LogP contribution is 2.22. The number of rotatable bonds is 1. The monoisotopic (exact) mass is 174 g/mol. The molecule has 1 aliphatic heterocycles. The molecule has 0 radical (unpaired) electrons. The predicted octanol–water partition coefficient (Wildman–Crippen LogP) is -1.33. The van der Waals surface area contributed by atoms with Crippen LogP contribution in [0.25, 0.3) is 0 Å². The van der Waals surface area contributed by atoms with Crippen molar-refractivity contribution in [2.45, 2.75) is 18.4 Å². The lowest BCUT2D eigenvalue weighted by Gasteiger charge is -2.24. The number of hydrogen-bond acceptors (Lipinski definition) is 5. The normalized spacial score (nSPS) is 21.8. The highest BCUT2D eigenvalue weighted by molar-refractivity contribution is 5.97. The van der Waals surface area contributed by atoms with Crippen molar-refractivity contribution in [2.75, 3.05) is 0 Å². The molecule has 1 fully saturated rings. The molecule has 0 bridgehead atoms. The lowest BCUT2D eigenvalue weighted by atomic mass is 9.94. The molecule has 0 spiro atoms. The Hall–Kier alpha value is -1.43. The molecule has 0 amide bonds. The number of cyclic esters (lactones) is 2. The molecule has 0 saturated carbocycles. The molecule has 1 saturated heterocycles. The molecule has 2 N–H and O–H groups in total. The van der Waals surface area contributed by atoms with Crippen molar-refractivity contribution in [3.63, 3.8) is 0 Å². The third-order valence-corrected chi connectivity index (χ3v) is 1.50. The Bertz CT molecular complexity index is 239. The Kier molecular flexibility index (Phi) is 1.85. The van der Waals surface area contributed by atoms with Gasteiger partial charge in [-0.15, -0.1) is 0 Å². The molecule has 66 valence electrons. The molecule has 12 heavy (non-hydrogen) atoms. The van der Waals surface area contributed by atoms with Crippen LogP contribution in [0.2, 0.25) is 0 Å². The van der Waals surface area contributed by atoms with E-state index in [9.17, 15) is 14.4 Å². The number of aliphatic hydroxyl groups is 1. The Morgan fingerprint density at radius 1 is 1.33 bits per heavy atom. The van der Waals surface area contributed by atoms with Gasteiger partial charge in [0.25, 0.3) is 0 Å². The molecule has 6 heteroatoms. The van der Waals surface area contributed by atoms with Crippen LogP contribution >= 0.6 is 0 Å². The molecular formula is C6H6O6. The predicted molar refractivity (Wildman–Crippen MR) is 32.9 cm³/mol. The summed E-state index contributed by atoms with van der Waals surface area (Å²) in [5.41, 5.74) is -2.29. The highest BCUT2D eigenvalue weighted by atomic mass is 16.6. The number of aliphatic carboxylic acids is 1. The zero-order valence-electron chi connectivity index (χ0n) is 5.94. The van der Waals surface area contributed by atoms with Crippen molar-refractivity contribution in [1.82, 2.24) is 0 Å². The summed E-state index contributed by atoms with van der Waals surface area (Å²) < 4.78 is 4.03. The van der Waals surface area contributed by atoms with Crippen LogP contribution in [0, 0.1) is 0 Å². The van der Waals surface area contributed by atoms with Crippen LogP contribution in [0.5, 0.6) is 0 Å². The first-order valence-corrected chi connectivity index (χ1v) is 3.13. The Morgan fingerprint density at radius 2 is 1.75 bits per heavy atom. The first-order valence-electron chi connectivity index (χ1n) is 3.13. The summed E-state index contributed by atoms with van der Waals surface area (Å²) in [7, 11) is 0. The van der Waals surface area contributed by atoms with Gasteiger partial charge < -0.3 is 14.9 Å². The fourth-order valence-corrected chi connectivity index (χ4v) is 0.890. The molecule has 0 aromatic heterocycles. The average molecular weight is 174 g/mol. The van der Waals surface area contributed by atoms with Gasteiger partial charge in [-0.1, -0.05) is 0 Å². The van der Waals surface area contributed by atoms with E-state index in [1.165, 1.54) is 0 Å². The summed E-state index contributed by atoms with van der Waals surface area (Å²) in [5.74, 6) is -3.63. The Morgan fingerprint density at radius 3 is 2.08 bits per heavy atom. The Labute approximate surface area is 66.7 Å². The number of carboxylic acid groups (broad SMARTS) is 1. The van der Waals surface area contributed by atoms with Gasteiger partial charge in [0, 0.05) is 0 Å². The van der Waals surface area contributed by atoms with E-state index in [4.69, 9.17) is 10.2 Å². The summed E-state index contributed by atoms with van der Waals surface area (Å²) in [6.45, 7) is 0. The van der Waals surface area contributed by atoms with E-state index in [2.05, 4.69) is 4.74 Å². The van der Waals surface area contributed by atoms with E-state index in [-0.39, 0.29) is 0 Å². The minimum absolute atomic E-state index is 0.686. The van der Waals surface area contributed by atoms with Crippen molar-refractivity contribution >= 4 is 17.9 Å². The third-order valence-electron chi connectivity index (χ3n) is 1.50. The largest absolute Gasteiger partial charge is 0.479 e. The van der Waals surface area contributed by atoms with Gasteiger partial charge in [-0.25, -0.2) is 4.79 Å². The van der Waals surface area contributed by atoms with E-state index in [0.717, 1.165) is 0 Å². The van der Waals surface area contributed by atoms with Gasteiger partial charge in [0.05, 0.1) is 12.8 Å². The van der Waals surface area contributed by atoms with Crippen LogP contribution in [-0.2, 0) is 19.1 Å². The molecule has 0 atom stereocenters. The maximum absolute atomic E-state index is 10.5. The second-order valence-corrected chi connectivity index (χ2v) is 2.54. The highest BCUT2D eigenvalue weighted by Gasteiger charge is 2.46. The van der Waals surface area contributed by atoms with Crippen LogP contribution in [0.4, 0.5) is 0 Å². The van der Waals surface area contributed by atoms with Gasteiger partial charge in [-0.3, -0.25) is 9.59 Å². The standard InChI is InChI=1S/C6H6O6/c7-3-1-6(11,5(9)10)2-4(8)12-3/h11H,1-2H2,(H,9,10). The first-order chi connectivity index (χ1) is 5.44. The van der Waals surface area contributed by atoms with Crippen molar-refractivity contribution in [3.8, 4) is 0 Å². The van der Waals surface area contributed by atoms with Crippen molar-refractivity contribution in [3.05, 3.63) is 0 Å². The van der Waals surface area contributed by atoms with E-state index in [1.54, 1.807) is 0 Å². The van der Waals surface area contributed by atoms with E-state index in [1.807, 2.05) is 0 Å². The van der Waals surface area contributed by atoms with Crippen LogP contribution in [-0.4, -0.2) is 33.7 Å². The van der Waals surface area contributed by atoms with E-state index in [0.29, 0.717) is 0 Å². The maximum atomic E-state index is 10.5. The quantitative estimate of drug-likeness (QED) is 0.377. The minimum atomic E-state index is -2.29. The van der Waals surface area contributed by atoms with Gasteiger partial charge in [-0.05, 0) is 0 Å². The number of carbonyl (C=O) groups excluding carboxylic acids is 2. The SMILES string of the molecule is O=C1CC(O)(C(=O)O)CC(=O)O1. The molecule has 0 aromatic rings. The third kappa shape index (κ3) is 1.42. The minimum Gasteiger partial charge on any atom is -0.479 e. The fourth-order valence-electron chi connectivity index (χ4n) is 0.890. The van der Waals surface area contributed by atoms with E-state index >= 15 is 0 Å². The summed E-state index contributed by atoms with van der Waals surface area (Å²) in [6.07, 6.45) is -1.37. The number of hydrogen-bond donors (Lipinski definition) is 2. The maximum Gasteiger partial charge on any atom is 0.336 e.